The number of hydroxylamine groups is 2. The molecule has 2 aromatic carbocycles. The van der Waals surface area contributed by atoms with Crippen molar-refractivity contribution < 1.29 is 51.5 Å². The first-order chi connectivity index (χ1) is 23.9. The largest absolute Gasteiger partial charge is 0.747 e. The van der Waals surface area contributed by atoms with Gasteiger partial charge < -0.3 is 24.6 Å². The molecule has 0 radical (unpaired) electrons. The van der Waals surface area contributed by atoms with Crippen LogP contribution in [0, 0.1) is 11.7 Å². The number of halogens is 1. The number of unbranched alkanes of at least 4 members (excludes halogenated alkanes) is 2. The summed E-state index contributed by atoms with van der Waals surface area (Å²) in [6.45, 7) is 9.19. The van der Waals surface area contributed by atoms with Crippen molar-refractivity contribution in [1.29, 1.82) is 0 Å². The van der Waals surface area contributed by atoms with Crippen molar-refractivity contribution in [1.82, 2.24) is 15.7 Å². The van der Waals surface area contributed by atoms with E-state index < -0.39 is 43.8 Å². The van der Waals surface area contributed by atoms with Crippen LogP contribution in [0.3, 0.4) is 0 Å². The zero-order valence-corrected chi connectivity index (χ0v) is 29.7. The van der Waals surface area contributed by atoms with Crippen molar-refractivity contribution >= 4 is 32.4 Å². The Bertz CT molecular complexity index is 1650. The fourth-order valence-corrected chi connectivity index (χ4v) is 5.70. The van der Waals surface area contributed by atoms with E-state index in [0.717, 1.165) is 24.0 Å². The van der Waals surface area contributed by atoms with E-state index in [0.29, 0.717) is 42.7 Å². The first-order valence-corrected chi connectivity index (χ1v) is 17.6. The van der Waals surface area contributed by atoms with Crippen molar-refractivity contribution in [2.75, 3.05) is 13.3 Å². The maximum Gasteiger partial charge on any atom is 0.747 e. The molecule has 0 aliphatic carbocycles. The number of carbonyl (C=O) groups excluding carboxylic acids is 4. The maximum atomic E-state index is 13.9. The average Bonchev–Trinajstić information content (AvgIpc) is 3.57. The number of nitrogens with one attached hydrogen (secondary N) is 2. The van der Waals surface area contributed by atoms with Crippen molar-refractivity contribution in [3.63, 3.8) is 0 Å². The Balaban J connectivity index is 1.71. The number of hydrogen-bond donors (Lipinski definition) is 3. The summed E-state index contributed by atoms with van der Waals surface area (Å²) >= 11 is 0. The van der Waals surface area contributed by atoms with Crippen LogP contribution in [-0.2, 0) is 19.0 Å². The molecular weight excluding hydrogens is 672 g/mol. The highest BCUT2D eigenvalue weighted by molar-refractivity contribution is 7.32. The van der Waals surface area contributed by atoms with Gasteiger partial charge in [-0.05, 0) is 73.7 Å². The monoisotopic (exact) mass is 716 g/mol. The van der Waals surface area contributed by atoms with Gasteiger partial charge in [0.15, 0.2) is 11.5 Å². The molecule has 3 N–H and O–H groups in total. The molecule has 3 atom stereocenters. The maximum absolute atomic E-state index is 13.9. The highest BCUT2D eigenvalue weighted by Gasteiger charge is 2.34. The topological polar surface area (TPSA) is 174 Å². The Morgan fingerprint density at radius 3 is 2.40 bits per heavy atom. The van der Waals surface area contributed by atoms with E-state index in [1.807, 2.05) is 6.92 Å². The second-order valence-corrected chi connectivity index (χ2v) is 12.3. The van der Waals surface area contributed by atoms with E-state index >= 15 is 0 Å². The van der Waals surface area contributed by atoms with Gasteiger partial charge in [-0.25, -0.2) is 13.7 Å². The highest BCUT2D eigenvalue weighted by Crippen LogP contribution is 2.34. The molecule has 3 unspecified atom stereocenters. The first kappa shape index (κ1) is 39.6. The predicted molar refractivity (Wildman–Crippen MR) is 182 cm³/mol. The summed E-state index contributed by atoms with van der Waals surface area (Å²) in [5, 5.41) is 6.10. The normalized spacial score (nSPS) is 12.4. The van der Waals surface area contributed by atoms with Crippen LogP contribution in [0.4, 0.5) is 4.39 Å². The molecule has 3 aromatic rings. The van der Waals surface area contributed by atoms with E-state index in [2.05, 4.69) is 10.6 Å². The predicted octanol–water partition coefficient (Wildman–Crippen LogP) is 6.65. The van der Waals surface area contributed by atoms with Gasteiger partial charge in [0.1, 0.15) is 17.3 Å². The van der Waals surface area contributed by atoms with Crippen LogP contribution in [0.25, 0.3) is 11.3 Å². The van der Waals surface area contributed by atoms with Crippen molar-refractivity contribution in [2.24, 2.45) is 5.92 Å². The smallest absolute Gasteiger partial charge is 0.494 e. The zero-order valence-electron chi connectivity index (χ0n) is 28.8. The third-order valence-electron chi connectivity index (χ3n) is 7.81. The van der Waals surface area contributed by atoms with Crippen LogP contribution in [0.2, 0.25) is 0 Å². The second-order valence-electron chi connectivity index (χ2n) is 11.7. The third kappa shape index (κ3) is 11.1. The highest BCUT2D eigenvalue weighted by atomic mass is 31.1. The molecule has 50 heavy (non-hydrogen) atoms. The Morgan fingerprint density at radius 2 is 1.76 bits per heavy atom. The first-order valence-electron chi connectivity index (χ1n) is 16.5. The second kappa shape index (κ2) is 19.4. The van der Waals surface area contributed by atoms with Gasteiger partial charge in [0.25, 0.3) is 5.91 Å². The van der Waals surface area contributed by atoms with E-state index in [-0.39, 0.29) is 41.8 Å². The Hall–Kier alpha value is -4.81. The van der Waals surface area contributed by atoms with Crippen LogP contribution in [0.15, 0.2) is 52.9 Å². The standard InChI is InChI=1S/C35H43FN3O10P/c1-6-9-10-11-28(30(7-2)39(21-40)48-35(43)27-13-12-24(36)18-29(27)22(4)5)33(41)37-20-38-34(42)32-15-14-31(47-32)23-16-25(46-8-3)19-26(17-23)49-50(44)45/h12-19,21-22,28,30H,6-11,20H2,1-5H3,(H2-,37,38,41,42,44,45)/p+1. The van der Waals surface area contributed by atoms with Crippen molar-refractivity contribution in [2.45, 2.75) is 78.7 Å². The van der Waals surface area contributed by atoms with Gasteiger partial charge in [0, 0.05) is 16.2 Å². The summed E-state index contributed by atoms with van der Waals surface area (Å²) in [6, 6.07) is 10.3. The van der Waals surface area contributed by atoms with Gasteiger partial charge in [-0.1, -0.05) is 47.0 Å². The summed E-state index contributed by atoms with van der Waals surface area (Å²) < 4.78 is 41.2. The summed E-state index contributed by atoms with van der Waals surface area (Å²) in [5.41, 5.74) is 0.954. The van der Waals surface area contributed by atoms with Gasteiger partial charge >= 0.3 is 14.2 Å². The lowest BCUT2D eigenvalue weighted by molar-refractivity contribution is -0.171. The van der Waals surface area contributed by atoms with Crippen LogP contribution in [-0.4, -0.2) is 53.5 Å². The summed E-state index contributed by atoms with van der Waals surface area (Å²) in [6.07, 6.45) is 3.36. The SMILES string of the molecule is CCCCCC(C(=O)NCNC(=O)c1ccc(-c2cc(OCC)cc(O[P+](=O)O)c2)o1)C(CC)N(C=O)OC(=O)c1ccc(F)cc1C(C)C. The molecule has 270 valence electrons. The number of furan rings is 1. The van der Waals surface area contributed by atoms with Gasteiger partial charge in [-0.2, -0.15) is 5.06 Å². The number of ether oxygens (including phenoxy) is 1. The molecular formula is C35H44FN3O10P+. The van der Waals surface area contributed by atoms with E-state index in [1.165, 1.54) is 36.4 Å². The summed E-state index contributed by atoms with van der Waals surface area (Å²) in [7, 11) is -2.92. The van der Waals surface area contributed by atoms with Gasteiger partial charge in [0.2, 0.25) is 12.3 Å². The van der Waals surface area contributed by atoms with Crippen LogP contribution < -0.4 is 19.9 Å². The van der Waals surface area contributed by atoms with E-state index in [9.17, 15) is 28.1 Å². The van der Waals surface area contributed by atoms with Gasteiger partial charge in [0.05, 0.1) is 30.8 Å². The average molecular weight is 717 g/mol. The molecule has 15 heteroatoms. The molecule has 0 aliphatic heterocycles. The Labute approximate surface area is 291 Å². The fourth-order valence-electron chi connectivity index (χ4n) is 5.42. The molecule has 1 heterocycles. The summed E-state index contributed by atoms with van der Waals surface area (Å²) in [4.78, 5) is 66.5. The van der Waals surface area contributed by atoms with Crippen molar-refractivity contribution in [3.05, 3.63) is 71.2 Å². The lowest BCUT2D eigenvalue weighted by Gasteiger charge is -2.32. The molecule has 3 amide bonds. The minimum atomic E-state index is -2.92. The molecule has 0 bridgehead atoms. The molecule has 0 saturated carbocycles. The van der Waals surface area contributed by atoms with E-state index in [4.69, 9.17) is 23.4 Å². The molecule has 1 aromatic heterocycles. The third-order valence-corrected chi connectivity index (χ3v) is 8.18. The summed E-state index contributed by atoms with van der Waals surface area (Å²) in [5.74, 6) is -2.85. The quantitative estimate of drug-likeness (QED) is 0.0378. The van der Waals surface area contributed by atoms with E-state index in [1.54, 1.807) is 33.8 Å². The van der Waals surface area contributed by atoms with Crippen LogP contribution >= 0.6 is 8.25 Å². The molecule has 13 nitrogen and oxygen atoms in total. The number of rotatable bonds is 20. The Kier molecular flexibility index (Phi) is 15.4. The minimum Gasteiger partial charge on any atom is -0.494 e. The number of benzene rings is 2. The number of carbonyl (C=O) groups is 4. The molecule has 0 saturated heterocycles. The molecule has 0 fully saturated rings. The molecule has 0 aliphatic rings. The van der Waals surface area contributed by atoms with Crippen LogP contribution in [0.1, 0.15) is 99.1 Å². The zero-order chi connectivity index (χ0) is 36.8. The van der Waals surface area contributed by atoms with Gasteiger partial charge in [-0.3, -0.25) is 14.4 Å². The van der Waals surface area contributed by atoms with Crippen molar-refractivity contribution in [3.8, 4) is 22.8 Å². The molecule has 0 spiro atoms. The minimum absolute atomic E-state index is 0.0669. The molecule has 3 rings (SSSR count). The fraction of sp³-hybridized carbons (Fsp3) is 0.429. The number of hydrogen-bond acceptors (Lipinski definition) is 9. The number of amides is 3. The Morgan fingerprint density at radius 1 is 1.02 bits per heavy atom. The lowest BCUT2D eigenvalue weighted by atomic mass is 9.90. The lowest BCUT2D eigenvalue weighted by Crippen LogP contribution is -2.49. The van der Waals surface area contributed by atoms with Gasteiger partial charge in [-0.15, -0.1) is 4.89 Å². The van der Waals surface area contributed by atoms with Crippen LogP contribution in [0.5, 0.6) is 11.5 Å². The number of nitrogens with zero attached hydrogens (tertiary/aromatic N) is 1.